The Kier molecular flexibility index (Phi) is 4.17. The quantitative estimate of drug-likeness (QED) is 0.561. The van der Waals surface area contributed by atoms with Gasteiger partial charge in [-0.1, -0.05) is 6.92 Å². The molecule has 1 aromatic carbocycles. The lowest BCUT2D eigenvalue weighted by Crippen LogP contribution is -2.10. The van der Waals surface area contributed by atoms with Crippen molar-refractivity contribution in [3.05, 3.63) is 29.8 Å². The Bertz CT molecular complexity index is 364. The van der Waals surface area contributed by atoms with Gasteiger partial charge in [0.05, 0.1) is 18.2 Å². The Labute approximate surface area is 88.0 Å². The normalized spacial score (nSPS) is 9.07. The van der Waals surface area contributed by atoms with Crippen molar-refractivity contribution in [3.63, 3.8) is 0 Å². The van der Waals surface area contributed by atoms with Crippen LogP contribution >= 0.6 is 0 Å². The maximum Gasteiger partial charge on any atom is 0.513 e. The second kappa shape index (κ2) is 5.66. The Morgan fingerprint density at radius 2 is 2.07 bits per heavy atom. The zero-order chi connectivity index (χ0) is 11.1. The van der Waals surface area contributed by atoms with Gasteiger partial charge < -0.3 is 9.47 Å². The van der Waals surface area contributed by atoms with Crippen LogP contribution in [-0.4, -0.2) is 12.8 Å². The molecule has 15 heavy (non-hydrogen) atoms. The number of nitrogens with zero attached hydrogens (tertiary/aromatic N) is 1. The third-order valence-electron chi connectivity index (χ3n) is 1.61. The molecule has 0 amide bonds. The van der Waals surface area contributed by atoms with Gasteiger partial charge >= 0.3 is 6.16 Å². The number of rotatable bonds is 3. The van der Waals surface area contributed by atoms with Crippen LogP contribution in [0.2, 0.25) is 0 Å². The van der Waals surface area contributed by atoms with Gasteiger partial charge in [-0.05, 0) is 30.7 Å². The summed E-state index contributed by atoms with van der Waals surface area (Å²) in [5.74, 6) is 0.370. The average molecular weight is 205 g/mol. The summed E-state index contributed by atoms with van der Waals surface area (Å²) in [4.78, 5) is 11.0. The highest BCUT2D eigenvalue weighted by molar-refractivity contribution is 5.63. The summed E-state index contributed by atoms with van der Waals surface area (Å²) in [7, 11) is 0. The Balaban J connectivity index is 2.50. The summed E-state index contributed by atoms with van der Waals surface area (Å²) in [6.07, 6.45) is 0.0317. The van der Waals surface area contributed by atoms with Crippen molar-refractivity contribution in [2.45, 2.75) is 13.3 Å². The number of carbonyl (C=O) groups excluding carboxylic acids is 1. The molecule has 0 saturated heterocycles. The Morgan fingerprint density at radius 3 is 2.60 bits per heavy atom. The fourth-order valence-electron chi connectivity index (χ4n) is 0.909. The van der Waals surface area contributed by atoms with Crippen molar-refractivity contribution < 1.29 is 14.3 Å². The van der Waals surface area contributed by atoms with Crippen LogP contribution < -0.4 is 4.74 Å². The predicted molar refractivity (Wildman–Crippen MR) is 53.4 cm³/mol. The molecule has 4 nitrogen and oxygen atoms in total. The molecule has 0 aliphatic heterocycles. The van der Waals surface area contributed by atoms with E-state index in [0.29, 0.717) is 17.9 Å². The SMILES string of the molecule is CCCOC(=O)Oc1ccc(C#N)cc1. The van der Waals surface area contributed by atoms with Crippen LogP contribution in [0, 0.1) is 11.3 Å². The van der Waals surface area contributed by atoms with Gasteiger partial charge in [-0.2, -0.15) is 5.26 Å². The Morgan fingerprint density at radius 1 is 1.40 bits per heavy atom. The minimum absolute atomic E-state index is 0.342. The van der Waals surface area contributed by atoms with Gasteiger partial charge in [0.1, 0.15) is 5.75 Å². The molecule has 0 heterocycles. The minimum atomic E-state index is -0.721. The number of benzene rings is 1. The molecule has 0 aliphatic carbocycles. The molecular formula is C11H11NO3. The molecule has 4 heteroatoms. The maximum absolute atomic E-state index is 11.0. The van der Waals surface area contributed by atoms with E-state index in [9.17, 15) is 4.79 Å². The summed E-state index contributed by atoms with van der Waals surface area (Å²) >= 11 is 0. The van der Waals surface area contributed by atoms with E-state index in [1.54, 1.807) is 24.3 Å². The van der Waals surface area contributed by atoms with E-state index in [2.05, 4.69) is 0 Å². The second-order valence-corrected chi connectivity index (χ2v) is 2.84. The topological polar surface area (TPSA) is 59.3 Å². The van der Waals surface area contributed by atoms with Crippen molar-refractivity contribution in [3.8, 4) is 11.8 Å². The lowest BCUT2D eigenvalue weighted by molar-refractivity contribution is 0.0992. The molecule has 0 saturated carbocycles. The molecule has 0 aromatic heterocycles. The largest absolute Gasteiger partial charge is 0.513 e. The van der Waals surface area contributed by atoms with Crippen molar-refractivity contribution in [1.29, 1.82) is 5.26 Å². The first-order chi connectivity index (χ1) is 7.26. The highest BCUT2D eigenvalue weighted by Crippen LogP contribution is 2.12. The van der Waals surface area contributed by atoms with E-state index in [-0.39, 0.29) is 0 Å². The summed E-state index contributed by atoms with van der Waals surface area (Å²) in [6.45, 7) is 2.24. The predicted octanol–water partition coefficient (Wildman–Crippen LogP) is 2.48. The molecule has 0 aliphatic rings. The molecule has 1 rings (SSSR count). The highest BCUT2D eigenvalue weighted by atomic mass is 16.7. The lowest BCUT2D eigenvalue weighted by atomic mass is 10.2. The van der Waals surface area contributed by atoms with Crippen LogP contribution in [0.25, 0.3) is 0 Å². The maximum atomic E-state index is 11.0. The molecule has 78 valence electrons. The van der Waals surface area contributed by atoms with E-state index in [1.165, 1.54) is 0 Å². The zero-order valence-corrected chi connectivity index (χ0v) is 8.40. The average Bonchev–Trinajstić information content (AvgIpc) is 2.27. The molecule has 0 unspecified atom stereocenters. The van der Waals surface area contributed by atoms with Crippen molar-refractivity contribution in [2.75, 3.05) is 6.61 Å². The van der Waals surface area contributed by atoms with Crippen molar-refractivity contribution >= 4 is 6.16 Å². The van der Waals surface area contributed by atoms with Gasteiger partial charge in [0.15, 0.2) is 0 Å². The number of ether oxygens (including phenoxy) is 2. The first-order valence-electron chi connectivity index (χ1n) is 4.61. The van der Waals surface area contributed by atoms with E-state index in [1.807, 2.05) is 13.0 Å². The van der Waals surface area contributed by atoms with Gasteiger partial charge in [0.2, 0.25) is 0 Å². The minimum Gasteiger partial charge on any atom is -0.434 e. The fourth-order valence-corrected chi connectivity index (χ4v) is 0.909. The van der Waals surface area contributed by atoms with E-state index < -0.39 is 6.16 Å². The molecule has 1 aromatic rings. The van der Waals surface area contributed by atoms with Crippen LogP contribution in [0.5, 0.6) is 5.75 Å². The molecule has 0 spiro atoms. The van der Waals surface area contributed by atoms with Crippen LogP contribution in [0.3, 0.4) is 0 Å². The van der Waals surface area contributed by atoms with Crippen molar-refractivity contribution in [2.24, 2.45) is 0 Å². The molecule has 0 fully saturated rings. The molecule has 0 radical (unpaired) electrons. The number of hydrogen-bond acceptors (Lipinski definition) is 4. The lowest BCUT2D eigenvalue weighted by Gasteiger charge is -2.04. The van der Waals surface area contributed by atoms with E-state index >= 15 is 0 Å². The monoisotopic (exact) mass is 205 g/mol. The number of hydrogen-bond donors (Lipinski definition) is 0. The highest BCUT2D eigenvalue weighted by Gasteiger charge is 2.04. The van der Waals surface area contributed by atoms with Crippen LogP contribution in [0.1, 0.15) is 18.9 Å². The number of carbonyl (C=O) groups is 1. The van der Waals surface area contributed by atoms with Crippen molar-refractivity contribution in [1.82, 2.24) is 0 Å². The van der Waals surface area contributed by atoms with E-state index in [4.69, 9.17) is 14.7 Å². The second-order valence-electron chi connectivity index (χ2n) is 2.84. The summed E-state index contributed by atoms with van der Waals surface area (Å²) < 4.78 is 9.57. The van der Waals surface area contributed by atoms with Gasteiger partial charge in [-0.15, -0.1) is 0 Å². The van der Waals surface area contributed by atoms with Crippen LogP contribution in [0.15, 0.2) is 24.3 Å². The van der Waals surface area contributed by atoms with Gasteiger partial charge in [0, 0.05) is 0 Å². The van der Waals surface area contributed by atoms with Crippen LogP contribution in [0.4, 0.5) is 4.79 Å². The van der Waals surface area contributed by atoms with Crippen LogP contribution in [-0.2, 0) is 4.74 Å². The molecule has 0 bridgehead atoms. The summed E-state index contributed by atoms with van der Waals surface area (Å²) in [5.41, 5.74) is 0.518. The summed E-state index contributed by atoms with van der Waals surface area (Å²) in [5, 5.41) is 8.54. The molecule has 0 atom stereocenters. The standard InChI is InChI=1S/C11H11NO3/c1-2-7-14-11(13)15-10-5-3-9(8-12)4-6-10/h3-6H,2,7H2,1H3. The third-order valence-corrected chi connectivity index (χ3v) is 1.61. The zero-order valence-electron chi connectivity index (χ0n) is 8.40. The van der Waals surface area contributed by atoms with Gasteiger partial charge in [0.25, 0.3) is 0 Å². The molecular weight excluding hydrogens is 194 g/mol. The Hall–Kier alpha value is -2.02. The first kappa shape index (κ1) is 11.1. The number of nitriles is 1. The van der Waals surface area contributed by atoms with E-state index in [0.717, 1.165) is 6.42 Å². The molecule has 0 N–H and O–H groups in total. The fraction of sp³-hybridized carbons (Fsp3) is 0.273. The van der Waals surface area contributed by atoms with Gasteiger partial charge in [-0.25, -0.2) is 4.79 Å². The third kappa shape index (κ3) is 3.69. The first-order valence-corrected chi connectivity index (χ1v) is 4.61. The summed E-state index contributed by atoms with van der Waals surface area (Å²) in [6, 6.07) is 8.21. The smallest absolute Gasteiger partial charge is 0.434 e. The van der Waals surface area contributed by atoms with Gasteiger partial charge in [-0.3, -0.25) is 0 Å².